The Morgan fingerprint density at radius 1 is 1.26 bits per heavy atom. The number of carbonyl (C=O) groups is 1. The molecule has 6 heteroatoms. The SMILES string of the molecule is CC(Cc1ccc(N(C)C)cc1)NC(=O)C1CNNC1c1cccc(F)c1. The minimum Gasteiger partial charge on any atom is -0.378 e. The van der Waals surface area contributed by atoms with Crippen LogP contribution in [0.3, 0.4) is 0 Å². The Morgan fingerprint density at radius 3 is 2.67 bits per heavy atom. The van der Waals surface area contributed by atoms with E-state index in [1.54, 1.807) is 6.07 Å². The Bertz CT molecular complexity index is 778. The highest BCUT2D eigenvalue weighted by molar-refractivity contribution is 5.80. The van der Waals surface area contributed by atoms with E-state index >= 15 is 0 Å². The summed E-state index contributed by atoms with van der Waals surface area (Å²) in [4.78, 5) is 14.8. The first-order valence-electron chi connectivity index (χ1n) is 9.24. The van der Waals surface area contributed by atoms with Crippen LogP contribution in [0.25, 0.3) is 0 Å². The van der Waals surface area contributed by atoms with Gasteiger partial charge in [0.25, 0.3) is 0 Å². The largest absolute Gasteiger partial charge is 0.378 e. The standard InChI is InChI=1S/C21H27FN4O/c1-14(11-15-7-9-18(10-8-15)26(2)3)24-21(27)19-13-23-25-20(19)16-5-4-6-17(22)12-16/h4-10,12,14,19-20,23,25H,11,13H2,1-3H3,(H,24,27). The minimum atomic E-state index is -0.296. The Hall–Kier alpha value is -2.44. The Labute approximate surface area is 159 Å². The lowest BCUT2D eigenvalue weighted by atomic mass is 9.93. The molecule has 0 aliphatic carbocycles. The summed E-state index contributed by atoms with van der Waals surface area (Å²) >= 11 is 0. The molecule has 5 nitrogen and oxygen atoms in total. The van der Waals surface area contributed by atoms with Crippen LogP contribution in [0.15, 0.2) is 48.5 Å². The number of benzene rings is 2. The lowest BCUT2D eigenvalue weighted by Gasteiger charge is -2.21. The van der Waals surface area contributed by atoms with Crippen molar-refractivity contribution in [2.45, 2.75) is 25.4 Å². The van der Waals surface area contributed by atoms with Crippen molar-refractivity contribution in [3.05, 3.63) is 65.5 Å². The highest BCUT2D eigenvalue weighted by Gasteiger charge is 2.34. The average Bonchev–Trinajstić information content (AvgIpc) is 3.12. The lowest BCUT2D eigenvalue weighted by Crippen LogP contribution is -2.41. The number of hydrazine groups is 1. The second-order valence-electron chi connectivity index (χ2n) is 7.34. The molecular weight excluding hydrogens is 343 g/mol. The number of anilines is 1. The third kappa shape index (κ3) is 4.84. The summed E-state index contributed by atoms with van der Waals surface area (Å²) in [5.41, 5.74) is 9.21. The van der Waals surface area contributed by atoms with Crippen molar-refractivity contribution >= 4 is 11.6 Å². The first-order valence-corrected chi connectivity index (χ1v) is 9.24. The average molecular weight is 370 g/mol. The molecule has 1 fully saturated rings. The molecule has 0 saturated carbocycles. The van der Waals surface area contributed by atoms with Crippen molar-refractivity contribution in [1.29, 1.82) is 0 Å². The van der Waals surface area contributed by atoms with Crippen LogP contribution in [0.5, 0.6) is 0 Å². The number of halogens is 1. The topological polar surface area (TPSA) is 56.4 Å². The Morgan fingerprint density at radius 2 is 2.00 bits per heavy atom. The van der Waals surface area contributed by atoms with Gasteiger partial charge in [-0.25, -0.2) is 9.82 Å². The van der Waals surface area contributed by atoms with Gasteiger partial charge in [0, 0.05) is 32.4 Å². The summed E-state index contributed by atoms with van der Waals surface area (Å²) in [6, 6.07) is 14.5. The quantitative estimate of drug-likeness (QED) is 0.731. The van der Waals surface area contributed by atoms with Crippen LogP contribution >= 0.6 is 0 Å². The van der Waals surface area contributed by atoms with Crippen LogP contribution in [-0.2, 0) is 11.2 Å². The predicted octanol–water partition coefficient (Wildman–Crippen LogP) is 2.40. The van der Waals surface area contributed by atoms with E-state index in [1.807, 2.05) is 27.1 Å². The maximum atomic E-state index is 13.5. The second kappa shape index (κ2) is 8.50. The zero-order valence-corrected chi connectivity index (χ0v) is 16.0. The zero-order chi connectivity index (χ0) is 19.4. The maximum absolute atomic E-state index is 13.5. The third-order valence-electron chi connectivity index (χ3n) is 4.91. The van der Waals surface area contributed by atoms with Crippen LogP contribution in [0, 0.1) is 11.7 Å². The molecule has 0 aromatic heterocycles. The lowest BCUT2D eigenvalue weighted by molar-refractivity contribution is -0.125. The van der Waals surface area contributed by atoms with Crippen LogP contribution < -0.4 is 21.1 Å². The predicted molar refractivity (Wildman–Crippen MR) is 106 cm³/mol. The molecule has 144 valence electrons. The summed E-state index contributed by atoms with van der Waals surface area (Å²) < 4.78 is 13.5. The Kier molecular flexibility index (Phi) is 6.08. The van der Waals surface area contributed by atoms with Crippen molar-refractivity contribution < 1.29 is 9.18 Å². The van der Waals surface area contributed by atoms with Crippen molar-refractivity contribution in [1.82, 2.24) is 16.2 Å². The van der Waals surface area contributed by atoms with E-state index in [2.05, 4.69) is 45.3 Å². The van der Waals surface area contributed by atoms with Gasteiger partial charge in [0.1, 0.15) is 5.82 Å². The first kappa shape index (κ1) is 19.3. The van der Waals surface area contributed by atoms with Crippen molar-refractivity contribution in [3.63, 3.8) is 0 Å². The molecule has 3 unspecified atom stereocenters. The van der Waals surface area contributed by atoms with Gasteiger partial charge in [-0.3, -0.25) is 10.2 Å². The van der Waals surface area contributed by atoms with E-state index in [0.29, 0.717) is 6.54 Å². The first-order chi connectivity index (χ1) is 12.9. The molecule has 1 saturated heterocycles. The second-order valence-corrected chi connectivity index (χ2v) is 7.34. The molecule has 0 bridgehead atoms. The van der Waals surface area contributed by atoms with Crippen molar-refractivity contribution in [3.8, 4) is 0 Å². The van der Waals surface area contributed by atoms with Gasteiger partial charge >= 0.3 is 0 Å². The summed E-state index contributed by atoms with van der Waals surface area (Å²) in [7, 11) is 4.02. The third-order valence-corrected chi connectivity index (χ3v) is 4.91. The van der Waals surface area contributed by atoms with E-state index in [0.717, 1.165) is 17.7 Å². The maximum Gasteiger partial charge on any atom is 0.226 e. The number of rotatable bonds is 6. The zero-order valence-electron chi connectivity index (χ0n) is 16.0. The minimum absolute atomic E-state index is 0.0106. The van der Waals surface area contributed by atoms with Gasteiger partial charge in [0.15, 0.2) is 0 Å². The number of hydrogen-bond acceptors (Lipinski definition) is 4. The van der Waals surface area contributed by atoms with Crippen LogP contribution in [0.2, 0.25) is 0 Å². The molecule has 1 aliphatic heterocycles. The highest BCUT2D eigenvalue weighted by Crippen LogP contribution is 2.25. The van der Waals surface area contributed by atoms with E-state index in [4.69, 9.17) is 0 Å². The van der Waals surface area contributed by atoms with E-state index in [-0.39, 0.29) is 29.7 Å². The van der Waals surface area contributed by atoms with Crippen LogP contribution in [0.4, 0.5) is 10.1 Å². The normalized spacial score (nSPS) is 20.3. The van der Waals surface area contributed by atoms with E-state index in [9.17, 15) is 9.18 Å². The summed E-state index contributed by atoms with van der Waals surface area (Å²) in [6.07, 6.45) is 0.762. The number of amides is 1. The number of carbonyl (C=O) groups excluding carboxylic acids is 1. The molecule has 27 heavy (non-hydrogen) atoms. The Balaban J connectivity index is 1.60. The van der Waals surface area contributed by atoms with Crippen LogP contribution in [-0.4, -0.2) is 32.6 Å². The summed E-state index contributed by atoms with van der Waals surface area (Å²) in [5, 5.41) is 3.10. The molecule has 0 radical (unpaired) electrons. The molecule has 3 rings (SSSR count). The smallest absolute Gasteiger partial charge is 0.226 e. The molecule has 1 amide bonds. The van der Waals surface area contributed by atoms with Crippen LogP contribution in [0.1, 0.15) is 24.1 Å². The van der Waals surface area contributed by atoms with Crippen molar-refractivity contribution in [2.24, 2.45) is 5.92 Å². The molecule has 1 heterocycles. The molecule has 3 atom stereocenters. The van der Waals surface area contributed by atoms with Gasteiger partial charge in [-0.1, -0.05) is 24.3 Å². The fourth-order valence-corrected chi connectivity index (χ4v) is 3.44. The van der Waals surface area contributed by atoms with E-state index < -0.39 is 0 Å². The fraction of sp³-hybridized carbons (Fsp3) is 0.381. The molecule has 1 aliphatic rings. The fourth-order valence-electron chi connectivity index (χ4n) is 3.44. The molecule has 2 aromatic carbocycles. The van der Waals surface area contributed by atoms with Crippen molar-refractivity contribution in [2.75, 3.05) is 25.5 Å². The molecule has 0 spiro atoms. The molecular formula is C21H27FN4O. The van der Waals surface area contributed by atoms with Gasteiger partial charge in [-0.05, 0) is 48.7 Å². The van der Waals surface area contributed by atoms with Gasteiger partial charge in [-0.2, -0.15) is 0 Å². The van der Waals surface area contributed by atoms with Gasteiger partial charge in [0.2, 0.25) is 5.91 Å². The molecule has 2 aromatic rings. The molecule has 3 N–H and O–H groups in total. The number of nitrogens with zero attached hydrogens (tertiary/aromatic N) is 1. The van der Waals surface area contributed by atoms with Gasteiger partial charge < -0.3 is 10.2 Å². The number of hydrogen-bond donors (Lipinski definition) is 3. The van der Waals surface area contributed by atoms with Gasteiger partial charge in [0.05, 0.1) is 12.0 Å². The monoisotopic (exact) mass is 370 g/mol. The summed E-state index contributed by atoms with van der Waals surface area (Å²) in [5.74, 6) is -0.612. The highest BCUT2D eigenvalue weighted by atomic mass is 19.1. The summed E-state index contributed by atoms with van der Waals surface area (Å²) in [6.45, 7) is 2.52. The number of nitrogens with one attached hydrogen (secondary N) is 3. The van der Waals surface area contributed by atoms with E-state index in [1.165, 1.54) is 17.7 Å². The van der Waals surface area contributed by atoms with Gasteiger partial charge in [-0.15, -0.1) is 0 Å².